The van der Waals surface area contributed by atoms with E-state index in [2.05, 4.69) is 0 Å². The van der Waals surface area contributed by atoms with E-state index in [0.29, 0.717) is 17.9 Å². The zero-order valence-electron chi connectivity index (χ0n) is 10.4. The molecule has 0 aliphatic carbocycles. The van der Waals surface area contributed by atoms with Crippen LogP contribution in [0.4, 0.5) is 4.39 Å². The largest absolute Gasteiger partial charge is 0.457 e. The first kappa shape index (κ1) is 13.8. The lowest BCUT2D eigenvalue weighted by Crippen LogP contribution is -1.94. The summed E-state index contributed by atoms with van der Waals surface area (Å²) in [4.78, 5) is 0. The molecule has 0 saturated carbocycles. The molecule has 100 valence electrons. The molecule has 0 heterocycles. The van der Waals surface area contributed by atoms with E-state index in [1.54, 1.807) is 24.3 Å². The molecule has 0 radical (unpaired) electrons. The third-order valence-electron chi connectivity index (χ3n) is 2.78. The van der Waals surface area contributed by atoms with Crippen LogP contribution in [0.15, 0.2) is 42.5 Å². The first-order valence-corrected chi connectivity index (χ1v) is 6.39. The molecule has 1 atom stereocenters. The van der Waals surface area contributed by atoms with Crippen LogP contribution in [0.5, 0.6) is 11.5 Å². The molecule has 19 heavy (non-hydrogen) atoms. The summed E-state index contributed by atoms with van der Waals surface area (Å²) in [6.07, 6.45) is 0.197. The van der Waals surface area contributed by atoms with Crippen LogP contribution >= 0.6 is 11.6 Å². The number of halogens is 2. The highest BCUT2D eigenvalue weighted by molar-refractivity contribution is 6.30. The Labute approximate surface area is 116 Å². The Morgan fingerprint density at radius 1 is 1.16 bits per heavy atom. The summed E-state index contributed by atoms with van der Waals surface area (Å²) >= 11 is 5.68. The van der Waals surface area contributed by atoms with Crippen LogP contribution in [-0.2, 0) is 0 Å². The molecule has 4 heteroatoms. The maximum atomic E-state index is 13.0. The van der Waals surface area contributed by atoms with E-state index in [1.807, 2.05) is 6.92 Å². The topological polar surface area (TPSA) is 29.5 Å². The molecule has 0 saturated heterocycles. The van der Waals surface area contributed by atoms with Crippen LogP contribution in [0.1, 0.15) is 25.0 Å². The van der Waals surface area contributed by atoms with Crippen molar-refractivity contribution in [1.29, 1.82) is 0 Å². The Morgan fingerprint density at radius 2 is 1.79 bits per heavy atom. The van der Waals surface area contributed by atoms with Crippen LogP contribution in [0, 0.1) is 5.82 Å². The van der Waals surface area contributed by atoms with E-state index >= 15 is 0 Å². The lowest BCUT2D eigenvalue weighted by Gasteiger charge is -2.10. The molecule has 0 aliphatic rings. The van der Waals surface area contributed by atoms with Gasteiger partial charge in [-0.3, -0.25) is 0 Å². The second kappa shape index (κ2) is 6.04. The van der Waals surface area contributed by atoms with Gasteiger partial charge in [0.25, 0.3) is 0 Å². The van der Waals surface area contributed by atoms with E-state index in [0.717, 1.165) is 5.56 Å². The Morgan fingerprint density at radius 3 is 2.37 bits per heavy atom. The molecule has 2 rings (SSSR count). The van der Waals surface area contributed by atoms with Crippen molar-refractivity contribution < 1.29 is 14.2 Å². The van der Waals surface area contributed by atoms with Crippen LogP contribution in [0.3, 0.4) is 0 Å². The number of aliphatic hydroxyl groups is 1. The molecule has 0 spiro atoms. The van der Waals surface area contributed by atoms with Gasteiger partial charge in [0.1, 0.15) is 17.3 Å². The van der Waals surface area contributed by atoms with E-state index in [1.165, 1.54) is 18.2 Å². The molecule has 2 aromatic rings. The lowest BCUT2D eigenvalue weighted by atomic mass is 10.1. The zero-order valence-corrected chi connectivity index (χ0v) is 11.2. The number of hydrogen-bond acceptors (Lipinski definition) is 2. The number of benzene rings is 2. The predicted octanol–water partition coefficient (Wildman–Crippen LogP) is 4.71. The average molecular weight is 281 g/mol. The standard InChI is InChI=1S/C15H14ClFO2/c1-2-15(18)10-3-5-11(6-4-10)19-12-7-8-14(17)13(16)9-12/h3-9,15,18H,2H2,1H3/t15-/m0/s1. The molecule has 0 amide bonds. The highest BCUT2D eigenvalue weighted by Crippen LogP contribution is 2.27. The van der Waals surface area contributed by atoms with Crippen molar-refractivity contribution in [3.8, 4) is 11.5 Å². The fourth-order valence-electron chi connectivity index (χ4n) is 1.67. The van der Waals surface area contributed by atoms with Gasteiger partial charge in [-0.25, -0.2) is 4.39 Å². The minimum Gasteiger partial charge on any atom is -0.457 e. The predicted molar refractivity (Wildman–Crippen MR) is 73.2 cm³/mol. The number of ether oxygens (including phenoxy) is 1. The van der Waals surface area contributed by atoms with Crippen molar-refractivity contribution in [2.24, 2.45) is 0 Å². The third-order valence-corrected chi connectivity index (χ3v) is 3.07. The molecule has 2 nitrogen and oxygen atoms in total. The second-order valence-electron chi connectivity index (χ2n) is 4.17. The Balaban J connectivity index is 2.12. The maximum absolute atomic E-state index is 13.0. The first-order chi connectivity index (χ1) is 9.10. The van der Waals surface area contributed by atoms with Crippen LogP contribution in [0.25, 0.3) is 0 Å². The highest BCUT2D eigenvalue weighted by Gasteiger charge is 2.06. The van der Waals surface area contributed by atoms with Gasteiger partial charge in [-0.2, -0.15) is 0 Å². The summed E-state index contributed by atoms with van der Waals surface area (Å²) < 4.78 is 18.6. The SMILES string of the molecule is CC[C@H](O)c1ccc(Oc2ccc(F)c(Cl)c2)cc1. The molecule has 0 unspecified atom stereocenters. The lowest BCUT2D eigenvalue weighted by molar-refractivity contribution is 0.173. The maximum Gasteiger partial charge on any atom is 0.142 e. The van der Waals surface area contributed by atoms with Crippen molar-refractivity contribution in [3.05, 3.63) is 58.9 Å². The normalized spacial score (nSPS) is 12.2. The quantitative estimate of drug-likeness (QED) is 0.878. The summed E-state index contributed by atoms with van der Waals surface area (Å²) in [6.45, 7) is 1.91. The molecule has 0 aliphatic heterocycles. The van der Waals surface area contributed by atoms with E-state index in [9.17, 15) is 9.50 Å². The average Bonchev–Trinajstić information content (AvgIpc) is 2.43. The van der Waals surface area contributed by atoms with Gasteiger partial charge in [0, 0.05) is 6.07 Å². The van der Waals surface area contributed by atoms with E-state index in [-0.39, 0.29) is 5.02 Å². The van der Waals surface area contributed by atoms with Crippen molar-refractivity contribution in [3.63, 3.8) is 0 Å². The smallest absolute Gasteiger partial charge is 0.142 e. The van der Waals surface area contributed by atoms with Gasteiger partial charge >= 0.3 is 0 Å². The molecular formula is C15H14ClFO2. The van der Waals surface area contributed by atoms with Gasteiger partial charge in [-0.15, -0.1) is 0 Å². The Hall–Kier alpha value is -1.58. The molecule has 1 N–H and O–H groups in total. The van der Waals surface area contributed by atoms with E-state index in [4.69, 9.17) is 16.3 Å². The van der Waals surface area contributed by atoms with Crippen LogP contribution in [0.2, 0.25) is 5.02 Å². The van der Waals surface area contributed by atoms with E-state index < -0.39 is 11.9 Å². The van der Waals surface area contributed by atoms with Crippen LogP contribution < -0.4 is 4.74 Å². The summed E-state index contributed by atoms with van der Waals surface area (Å²) in [5, 5.41) is 9.70. The minimum atomic E-state index is -0.476. The minimum absolute atomic E-state index is 0.0236. The highest BCUT2D eigenvalue weighted by atomic mass is 35.5. The van der Waals surface area contributed by atoms with Crippen molar-refractivity contribution in [1.82, 2.24) is 0 Å². The number of hydrogen-bond donors (Lipinski definition) is 1. The second-order valence-corrected chi connectivity index (χ2v) is 4.58. The first-order valence-electron chi connectivity index (χ1n) is 6.01. The summed E-state index contributed by atoms with van der Waals surface area (Å²) in [5.74, 6) is 0.598. The fraction of sp³-hybridized carbons (Fsp3) is 0.200. The molecule has 0 bridgehead atoms. The van der Waals surface area contributed by atoms with Crippen molar-refractivity contribution in [2.75, 3.05) is 0 Å². The summed E-state index contributed by atoms with van der Waals surface area (Å²) in [7, 11) is 0. The van der Waals surface area contributed by atoms with Gasteiger partial charge < -0.3 is 9.84 Å². The van der Waals surface area contributed by atoms with Crippen molar-refractivity contribution in [2.45, 2.75) is 19.4 Å². The van der Waals surface area contributed by atoms with Gasteiger partial charge in [0.2, 0.25) is 0 Å². The van der Waals surface area contributed by atoms with Crippen LogP contribution in [-0.4, -0.2) is 5.11 Å². The summed E-state index contributed by atoms with van der Waals surface area (Å²) in [6, 6.07) is 11.3. The van der Waals surface area contributed by atoms with Gasteiger partial charge in [0.05, 0.1) is 11.1 Å². The fourth-order valence-corrected chi connectivity index (χ4v) is 1.84. The Kier molecular flexibility index (Phi) is 4.40. The number of rotatable bonds is 4. The monoisotopic (exact) mass is 280 g/mol. The summed E-state index contributed by atoms with van der Waals surface area (Å²) in [5.41, 5.74) is 0.840. The molecule has 0 aromatic heterocycles. The number of aliphatic hydroxyl groups excluding tert-OH is 1. The third kappa shape index (κ3) is 3.46. The Bertz CT molecular complexity index is 555. The van der Waals surface area contributed by atoms with Gasteiger partial charge in [-0.05, 0) is 36.2 Å². The zero-order chi connectivity index (χ0) is 13.8. The van der Waals surface area contributed by atoms with Gasteiger partial charge in [-0.1, -0.05) is 30.7 Å². The van der Waals surface area contributed by atoms with Gasteiger partial charge in [0.15, 0.2) is 0 Å². The molecule has 0 fully saturated rings. The van der Waals surface area contributed by atoms with Crippen molar-refractivity contribution >= 4 is 11.6 Å². The molecule has 2 aromatic carbocycles. The molecular weight excluding hydrogens is 267 g/mol.